The second kappa shape index (κ2) is 8.22. The molecule has 0 fully saturated rings. The summed E-state index contributed by atoms with van der Waals surface area (Å²) in [4.78, 5) is 9.16. The highest BCUT2D eigenvalue weighted by Gasteiger charge is 2.08. The van der Waals surface area contributed by atoms with Crippen LogP contribution < -0.4 is 5.43 Å². The van der Waals surface area contributed by atoms with Crippen LogP contribution in [0.3, 0.4) is 0 Å². The Morgan fingerprint density at radius 1 is 0.714 bits per heavy atom. The lowest BCUT2D eigenvalue weighted by molar-refractivity contribution is 0.628. The van der Waals surface area contributed by atoms with Crippen LogP contribution >= 0.6 is 0 Å². The molecule has 1 heterocycles. The van der Waals surface area contributed by atoms with Gasteiger partial charge >= 0.3 is 0 Å². The van der Waals surface area contributed by atoms with Crippen molar-refractivity contribution in [3.05, 3.63) is 102 Å². The Balaban J connectivity index is 1.66. The summed E-state index contributed by atoms with van der Waals surface area (Å²) >= 11 is 0. The van der Waals surface area contributed by atoms with Gasteiger partial charge in [-0.15, -0.1) is 0 Å². The molecule has 1 N–H and O–H groups in total. The number of nitrogens with one attached hydrogen (secondary N) is 1. The second-order valence-corrected chi connectivity index (χ2v) is 6.12. The Bertz CT molecular complexity index is 1020. The van der Waals surface area contributed by atoms with Crippen molar-refractivity contribution in [2.75, 3.05) is 5.43 Å². The summed E-state index contributed by atoms with van der Waals surface area (Å²) in [6.45, 7) is 0. The minimum atomic E-state index is -0.281. The van der Waals surface area contributed by atoms with E-state index in [0.717, 1.165) is 28.1 Å². The molecule has 0 atom stereocenters. The molecule has 3 aromatic carbocycles. The highest BCUT2D eigenvalue weighted by atomic mass is 19.1. The number of aromatic nitrogens is 2. The molecule has 0 unspecified atom stereocenters. The van der Waals surface area contributed by atoms with Crippen molar-refractivity contribution in [1.82, 2.24) is 9.97 Å². The molecule has 4 rings (SSSR count). The standard InChI is InChI=1S/C23H17FN4/c24-20-13-11-17(12-14-20)16-25-28-23-26-21(18-7-3-1-4-8-18)15-22(27-23)19-9-5-2-6-10-19/h1-16H,(H,26,27,28)/b25-16+. The molecule has 0 aliphatic rings. The van der Waals surface area contributed by atoms with E-state index in [4.69, 9.17) is 0 Å². The van der Waals surface area contributed by atoms with Crippen molar-refractivity contribution in [3.63, 3.8) is 0 Å². The quantitative estimate of drug-likeness (QED) is 0.379. The average molecular weight is 368 g/mol. The molecule has 1 aromatic heterocycles. The predicted molar refractivity (Wildman–Crippen MR) is 111 cm³/mol. The summed E-state index contributed by atoms with van der Waals surface area (Å²) in [6, 6.07) is 27.9. The number of hydrazone groups is 1. The minimum Gasteiger partial charge on any atom is -0.245 e. The molecule has 0 spiro atoms. The molecule has 136 valence electrons. The fraction of sp³-hybridized carbons (Fsp3) is 0. The van der Waals surface area contributed by atoms with E-state index >= 15 is 0 Å². The number of nitrogens with zero attached hydrogens (tertiary/aromatic N) is 3. The zero-order chi connectivity index (χ0) is 19.2. The van der Waals surface area contributed by atoms with E-state index in [1.165, 1.54) is 12.1 Å². The molecule has 4 nitrogen and oxygen atoms in total. The van der Waals surface area contributed by atoms with Crippen LogP contribution in [0, 0.1) is 5.82 Å². The maximum Gasteiger partial charge on any atom is 0.244 e. The minimum absolute atomic E-state index is 0.281. The van der Waals surface area contributed by atoms with Gasteiger partial charge < -0.3 is 0 Å². The van der Waals surface area contributed by atoms with Crippen LogP contribution in [0.4, 0.5) is 10.3 Å². The third-order valence-corrected chi connectivity index (χ3v) is 4.11. The molecule has 0 saturated carbocycles. The maximum absolute atomic E-state index is 13.0. The number of hydrogen-bond donors (Lipinski definition) is 1. The lowest BCUT2D eigenvalue weighted by Gasteiger charge is -2.08. The Kier molecular flexibility index (Phi) is 5.15. The van der Waals surface area contributed by atoms with Crippen LogP contribution in [0.15, 0.2) is 96.1 Å². The van der Waals surface area contributed by atoms with Gasteiger partial charge in [-0.25, -0.2) is 19.8 Å². The number of anilines is 1. The normalized spacial score (nSPS) is 10.9. The van der Waals surface area contributed by atoms with E-state index in [1.807, 2.05) is 66.7 Å². The van der Waals surface area contributed by atoms with Crippen LogP contribution in [0.25, 0.3) is 22.5 Å². The molecule has 0 aliphatic carbocycles. The zero-order valence-corrected chi connectivity index (χ0v) is 15.0. The first-order chi connectivity index (χ1) is 13.8. The van der Waals surface area contributed by atoms with Gasteiger partial charge in [0.15, 0.2) is 0 Å². The Labute approximate surface area is 162 Å². The molecule has 4 aromatic rings. The maximum atomic E-state index is 13.0. The lowest BCUT2D eigenvalue weighted by Crippen LogP contribution is -2.00. The number of rotatable bonds is 5. The first-order valence-corrected chi connectivity index (χ1v) is 8.82. The van der Waals surface area contributed by atoms with Crippen molar-refractivity contribution in [3.8, 4) is 22.5 Å². The van der Waals surface area contributed by atoms with Crippen LogP contribution in [0.5, 0.6) is 0 Å². The predicted octanol–water partition coefficient (Wildman–Crippen LogP) is 5.40. The van der Waals surface area contributed by atoms with Gasteiger partial charge in [-0.05, 0) is 23.8 Å². The monoisotopic (exact) mass is 368 g/mol. The third kappa shape index (κ3) is 4.27. The van der Waals surface area contributed by atoms with Gasteiger partial charge in [0, 0.05) is 11.1 Å². The van der Waals surface area contributed by atoms with Crippen molar-refractivity contribution in [2.45, 2.75) is 0 Å². The van der Waals surface area contributed by atoms with Crippen molar-refractivity contribution in [1.29, 1.82) is 0 Å². The first kappa shape index (κ1) is 17.5. The van der Waals surface area contributed by atoms with Gasteiger partial charge in [0.25, 0.3) is 0 Å². The summed E-state index contributed by atoms with van der Waals surface area (Å²) in [7, 11) is 0. The Morgan fingerprint density at radius 2 is 1.25 bits per heavy atom. The third-order valence-electron chi connectivity index (χ3n) is 4.11. The van der Waals surface area contributed by atoms with E-state index in [9.17, 15) is 4.39 Å². The molecule has 28 heavy (non-hydrogen) atoms. The van der Waals surface area contributed by atoms with Gasteiger partial charge in [0.1, 0.15) is 5.82 Å². The molecule has 0 aliphatic heterocycles. The van der Waals surface area contributed by atoms with Crippen LogP contribution in [0.2, 0.25) is 0 Å². The Hall–Kier alpha value is -3.86. The lowest BCUT2D eigenvalue weighted by atomic mass is 10.1. The van der Waals surface area contributed by atoms with Gasteiger partial charge in [0.2, 0.25) is 5.95 Å². The second-order valence-electron chi connectivity index (χ2n) is 6.12. The molecule has 0 bridgehead atoms. The fourth-order valence-corrected chi connectivity index (χ4v) is 2.72. The summed E-state index contributed by atoms with van der Waals surface area (Å²) in [5, 5.41) is 4.19. The molecular formula is C23H17FN4. The van der Waals surface area contributed by atoms with Crippen LogP contribution in [0.1, 0.15) is 5.56 Å². The van der Waals surface area contributed by atoms with Crippen molar-refractivity contribution in [2.24, 2.45) is 5.10 Å². The van der Waals surface area contributed by atoms with E-state index < -0.39 is 0 Å². The van der Waals surface area contributed by atoms with Gasteiger partial charge in [-0.1, -0.05) is 72.8 Å². The number of hydrogen-bond acceptors (Lipinski definition) is 4. The van der Waals surface area contributed by atoms with E-state index in [0.29, 0.717) is 5.95 Å². The molecule has 0 radical (unpaired) electrons. The zero-order valence-electron chi connectivity index (χ0n) is 15.0. The molecule has 5 heteroatoms. The molecular weight excluding hydrogens is 351 g/mol. The SMILES string of the molecule is Fc1ccc(/C=N/Nc2nc(-c3ccccc3)cc(-c3ccccc3)n2)cc1. The van der Waals surface area contributed by atoms with Crippen molar-refractivity contribution < 1.29 is 4.39 Å². The number of halogens is 1. The Morgan fingerprint density at radius 3 is 1.79 bits per heavy atom. The first-order valence-electron chi connectivity index (χ1n) is 8.82. The number of benzene rings is 3. The topological polar surface area (TPSA) is 50.2 Å². The van der Waals surface area contributed by atoms with Gasteiger partial charge in [-0.3, -0.25) is 0 Å². The average Bonchev–Trinajstić information content (AvgIpc) is 2.76. The largest absolute Gasteiger partial charge is 0.245 e. The van der Waals surface area contributed by atoms with Crippen molar-refractivity contribution >= 4 is 12.2 Å². The summed E-state index contributed by atoms with van der Waals surface area (Å²) in [6.07, 6.45) is 1.60. The smallest absolute Gasteiger partial charge is 0.244 e. The molecule has 0 saturated heterocycles. The van der Waals surface area contributed by atoms with Crippen LogP contribution in [-0.4, -0.2) is 16.2 Å². The highest BCUT2D eigenvalue weighted by Crippen LogP contribution is 2.25. The van der Waals surface area contributed by atoms with E-state index in [2.05, 4.69) is 20.5 Å². The molecule has 0 amide bonds. The van der Waals surface area contributed by atoms with E-state index in [-0.39, 0.29) is 5.82 Å². The summed E-state index contributed by atoms with van der Waals surface area (Å²) < 4.78 is 13.0. The highest BCUT2D eigenvalue weighted by molar-refractivity contribution is 5.80. The summed E-state index contributed by atoms with van der Waals surface area (Å²) in [5.41, 5.74) is 7.24. The summed E-state index contributed by atoms with van der Waals surface area (Å²) in [5.74, 6) is 0.107. The fourth-order valence-electron chi connectivity index (χ4n) is 2.72. The van der Waals surface area contributed by atoms with Gasteiger partial charge in [-0.2, -0.15) is 5.10 Å². The van der Waals surface area contributed by atoms with Crippen LogP contribution in [-0.2, 0) is 0 Å². The van der Waals surface area contributed by atoms with E-state index in [1.54, 1.807) is 18.3 Å². The van der Waals surface area contributed by atoms with Gasteiger partial charge in [0.05, 0.1) is 17.6 Å².